The van der Waals surface area contributed by atoms with Crippen LogP contribution < -0.4 is 14.8 Å². The van der Waals surface area contributed by atoms with Crippen molar-refractivity contribution < 1.29 is 27.8 Å². The Morgan fingerprint density at radius 2 is 1.79 bits per heavy atom. The number of benzene rings is 3. The van der Waals surface area contributed by atoms with Crippen LogP contribution >= 0.6 is 0 Å². The van der Waals surface area contributed by atoms with Crippen LogP contribution in [0.5, 0.6) is 11.5 Å². The highest BCUT2D eigenvalue weighted by Crippen LogP contribution is 2.30. The average molecular weight is 452 g/mol. The van der Waals surface area contributed by atoms with Crippen molar-refractivity contribution in [3.8, 4) is 11.5 Å². The first-order valence-electron chi connectivity index (χ1n) is 10.3. The van der Waals surface area contributed by atoms with E-state index in [9.17, 15) is 18.4 Å². The van der Waals surface area contributed by atoms with Crippen molar-refractivity contribution in [2.45, 2.75) is 26.1 Å². The van der Waals surface area contributed by atoms with Gasteiger partial charge in [0.05, 0.1) is 7.11 Å². The molecule has 3 aromatic carbocycles. The summed E-state index contributed by atoms with van der Waals surface area (Å²) in [6, 6.07) is 15.0. The lowest BCUT2D eigenvalue weighted by atomic mass is 10.1. The fraction of sp³-hybridized carbons (Fsp3) is 0.200. The molecule has 4 rings (SSSR count). The van der Waals surface area contributed by atoms with Gasteiger partial charge in [-0.25, -0.2) is 8.78 Å². The van der Waals surface area contributed by atoms with Crippen LogP contribution in [0.25, 0.3) is 0 Å². The maximum atomic E-state index is 13.6. The minimum Gasteiger partial charge on any atom is -0.497 e. The summed E-state index contributed by atoms with van der Waals surface area (Å²) in [6.45, 7) is 1.79. The molecule has 0 aromatic heterocycles. The van der Waals surface area contributed by atoms with E-state index in [0.29, 0.717) is 33.9 Å². The Bertz CT molecular complexity index is 1180. The number of hydrogen-bond donors (Lipinski definition) is 1. The second kappa shape index (κ2) is 9.28. The lowest BCUT2D eigenvalue weighted by molar-refractivity contribution is -0.138. The van der Waals surface area contributed by atoms with E-state index >= 15 is 0 Å². The molecule has 0 fully saturated rings. The Kier molecular flexibility index (Phi) is 6.26. The van der Waals surface area contributed by atoms with Crippen LogP contribution in [-0.2, 0) is 17.9 Å². The first-order chi connectivity index (χ1) is 15.8. The average Bonchev–Trinajstić information content (AvgIpc) is 2.89. The third-order valence-corrected chi connectivity index (χ3v) is 5.29. The standard InChI is InChI=1S/C25H22F2N2O4/c1-15-25(31)29(13-16-9-19(26)12-20(27)10-16)14-18-11-21(5-8-23(18)33-15)28-24(30)17-3-6-22(32-2)7-4-17/h3-12,15H,13-14H2,1-2H3,(H,28,30)/t15-/m1/s1. The van der Waals surface area contributed by atoms with Crippen LogP contribution in [0.2, 0.25) is 0 Å². The van der Waals surface area contributed by atoms with Crippen molar-refractivity contribution in [1.82, 2.24) is 4.90 Å². The summed E-state index contributed by atoms with van der Waals surface area (Å²) < 4.78 is 38.1. The molecule has 0 radical (unpaired) electrons. The van der Waals surface area contributed by atoms with Gasteiger partial charge in [-0.2, -0.15) is 0 Å². The molecule has 0 unspecified atom stereocenters. The van der Waals surface area contributed by atoms with Gasteiger partial charge in [0.15, 0.2) is 6.10 Å². The smallest absolute Gasteiger partial charge is 0.263 e. The quantitative estimate of drug-likeness (QED) is 0.618. The van der Waals surface area contributed by atoms with Gasteiger partial charge in [0.2, 0.25) is 0 Å². The van der Waals surface area contributed by atoms with Gasteiger partial charge in [-0.3, -0.25) is 9.59 Å². The summed E-state index contributed by atoms with van der Waals surface area (Å²) in [5.74, 6) is -0.874. The van der Waals surface area contributed by atoms with E-state index in [0.717, 1.165) is 6.07 Å². The molecular weight excluding hydrogens is 430 g/mol. The number of carbonyl (C=O) groups excluding carboxylic acids is 2. The van der Waals surface area contributed by atoms with Crippen LogP contribution in [0.3, 0.4) is 0 Å². The molecule has 3 aromatic rings. The fourth-order valence-electron chi connectivity index (χ4n) is 3.68. The maximum absolute atomic E-state index is 13.6. The second-order valence-electron chi connectivity index (χ2n) is 7.74. The molecular formula is C25H22F2N2O4. The van der Waals surface area contributed by atoms with Crippen LogP contribution in [0, 0.1) is 11.6 Å². The summed E-state index contributed by atoms with van der Waals surface area (Å²) in [5.41, 5.74) is 1.98. The molecule has 1 atom stereocenters. The summed E-state index contributed by atoms with van der Waals surface area (Å²) >= 11 is 0. The van der Waals surface area contributed by atoms with E-state index in [1.54, 1.807) is 56.5 Å². The van der Waals surface area contributed by atoms with Crippen molar-refractivity contribution in [2.24, 2.45) is 0 Å². The molecule has 170 valence electrons. The number of methoxy groups -OCH3 is 1. The Hall–Kier alpha value is -3.94. The monoisotopic (exact) mass is 452 g/mol. The number of ether oxygens (including phenoxy) is 2. The number of halogens is 2. The molecule has 0 bridgehead atoms. The van der Waals surface area contributed by atoms with Crippen LogP contribution in [0.1, 0.15) is 28.4 Å². The van der Waals surface area contributed by atoms with E-state index in [2.05, 4.69) is 5.32 Å². The lowest BCUT2D eigenvalue weighted by Gasteiger charge is -2.22. The van der Waals surface area contributed by atoms with E-state index in [1.165, 1.54) is 17.0 Å². The van der Waals surface area contributed by atoms with Crippen molar-refractivity contribution in [1.29, 1.82) is 0 Å². The molecule has 0 aliphatic carbocycles. The molecule has 1 aliphatic rings. The highest BCUT2D eigenvalue weighted by atomic mass is 19.1. The van der Waals surface area contributed by atoms with Crippen LogP contribution in [-0.4, -0.2) is 29.9 Å². The predicted molar refractivity (Wildman–Crippen MR) is 118 cm³/mol. The second-order valence-corrected chi connectivity index (χ2v) is 7.74. The third kappa shape index (κ3) is 5.11. The van der Waals surface area contributed by atoms with E-state index in [4.69, 9.17) is 9.47 Å². The van der Waals surface area contributed by atoms with Gasteiger partial charge in [-0.05, 0) is 67.1 Å². The highest BCUT2D eigenvalue weighted by molar-refractivity contribution is 6.04. The van der Waals surface area contributed by atoms with Crippen molar-refractivity contribution >= 4 is 17.5 Å². The number of nitrogens with one attached hydrogen (secondary N) is 1. The molecule has 2 amide bonds. The maximum Gasteiger partial charge on any atom is 0.263 e. The van der Waals surface area contributed by atoms with Crippen LogP contribution in [0.4, 0.5) is 14.5 Å². The topological polar surface area (TPSA) is 67.9 Å². The predicted octanol–water partition coefficient (Wildman–Crippen LogP) is 4.54. The van der Waals surface area contributed by atoms with Gasteiger partial charge >= 0.3 is 0 Å². The SMILES string of the molecule is COc1ccc(C(=O)Nc2ccc3c(c2)CN(Cc2cc(F)cc(F)c2)C(=O)[C@@H](C)O3)cc1. The molecule has 0 saturated carbocycles. The molecule has 6 nitrogen and oxygen atoms in total. The molecule has 0 spiro atoms. The van der Waals surface area contributed by atoms with Crippen LogP contribution in [0.15, 0.2) is 60.7 Å². The zero-order valence-corrected chi connectivity index (χ0v) is 18.1. The molecule has 1 heterocycles. The largest absolute Gasteiger partial charge is 0.497 e. The van der Waals surface area contributed by atoms with E-state index in [1.807, 2.05) is 0 Å². The minimum absolute atomic E-state index is 0.0170. The van der Waals surface area contributed by atoms with Gasteiger partial charge in [-0.15, -0.1) is 0 Å². The molecule has 0 saturated heterocycles. The summed E-state index contributed by atoms with van der Waals surface area (Å²) in [5, 5.41) is 2.83. The first-order valence-corrected chi connectivity index (χ1v) is 10.3. The summed E-state index contributed by atoms with van der Waals surface area (Å²) in [7, 11) is 1.55. The molecule has 1 aliphatic heterocycles. The molecule has 8 heteroatoms. The van der Waals surface area contributed by atoms with E-state index < -0.39 is 17.7 Å². The van der Waals surface area contributed by atoms with Gasteiger partial charge in [-0.1, -0.05) is 0 Å². The number of nitrogens with zero attached hydrogens (tertiary/aromatic N) is 1. The van der Waals surface area contributed by atoms with Gasteiger partial charge in [0, 0.05) is 36.0 Å². The van der Waals surface area contributed by atoms with Crippen molar-refractivity contribution in [3.05, 3.63) is 89.0 Å². The fourth-order valence-corrected chi connectivity index (χ4v) is 3.68. The number of hydrogen-bond acceptors (Lipinski definition) is 4. The minimum atomic E-state index is -0.774. The summed E-state index contributed by atoms with van der Waals surface area (Å²) in [6.07, 6.45) is -0.774. The van der Waals surface area contributed by atoms with Gasteiger partial charge < -0.3 is 19.7 Å². The summed E-state index contributed by atoms with van der Waals surface area (Å²) in [4.78, 5) is 26.9. The Morgan fingerprint density at radius 3 is 2.45 bits per heavy atom. The lowest BCUT2D eigenvalue weighted by Crippen LogP contribution is -2.37. The third-order valence-electron chi connectivity index (χ3n) is 5.29. The highest BCUT2D eigenvalue weighted by Gasteiger charge is 2.28. The van der Waals surface area contributed by atoms with E-state index in [-0.39, 0.29) is 24.9 Å². The number of carbonyl (C=O) groups is 2. The molecule has 33 heavy (non-hydrogen) atoms. The van der Waals surface area contributed by atoms with Crippen molar-refractivity contribution in [3.63, 3.8) is 0 Å². The number of anilines is 1. The zero-order valence-electron chi connectivity index (χ0n) is 18.1. The first kappa shape index (κ1) is 22.3. The van der Waals surface area contributed by atoms with Gasteiger partial charge in [0.1, 0.15) is 23.1 Å². The van der Waals surface area contributed by atoms with Gasteiger partial charge in [0.25, 0.3) is 11.8 Å². The Morgan fingerprint density at radius 1 is 1.09 bits per heavy atom. The Labute approximate surface area is 189 Å². The Balaban J connectivity index is 1.56. The van der Waals surface area contributed by atoms with Crippen molar-refractivity contribution in [2.75, 3.05) is 12.4 Å². The zero-order chi connectivity index (χ0) is 23.5. The molecule has 1 N–H and O–H groups in total. The normalized spacial score (nSPS) is 15.3. The number of amides is 2. The number of rotatable bonds is 5. The number of fused-ring (bicyclic) bond motifs is 1.